The Morgan fingerprint density at radius 3 is 2.81 bits per heavy atom. The molecule has 0 bridgehead atoms. The number of aliphatic hydroxyl groups is 1. The average Bonchev–Trinajstić information content (AvgIpc) is 2.78. The number of aromatic nitrogens is 2. The lowest BCUT2D eigenvalue weighted by Crippen LogP contribution is -2.01. The molecule has 0 radical (unpaired) electrons. The Labute approximate surface area is 103 Å². The summed E-state index contributed by atoms with van der Waals surface area (Å²) >= 11 is 7.44. The molecule has 0 fully saturated rings. The second-order valence-electron chi connectivity index (χ2n) is 3.60. The minimum absolute atomic E-state index is 0.120. The van der Waals surface area contributed by atoms with Gasteiger partial charge in [0.1, 0.15) is 11.5 Å². The molecule has 0 aliphatic carbocycles. The van der Waals surface area contributed by atoms with E-state index in [1.807, 2.05) is 30.7 Å². The molecule has 2 aromatic heterocycles. The van der Waals surface area contributed by atoms with Crippen molar-refractivity contribution in [1.29, 1.82) is 0 Å². The maximum atomic E-state index is 8.95. The Balaban J connectivity index is 2.45. The molecule has 0 aliphatic rings. The topological polar surface area (TPSA) is 38.1 Å². The molecule has 2 heterocycles. The highest BCUT2D eigenvalue weighted by Gasteiger charge is 2.13. The number of thiophene rings is 1. The predicted molar refractivity (Wildman–Crippen MR) is 67.1 cm³/mol. The highest BCUT2D eigenvalue weighted by molar-refractivity contribution is 7.19. The van der Waals surface area contributed by atoms with Crippen molar-refractivity contribution in [2.24, 2.45) is 7.05 Å². The van der Waals surface area contributed by atoms with Crippen molar-refractivity contribution in [2.45, 2.75) is 13.3 Å². The number of hydrogen-bond acceptors (Lipinski definition) is 3. The van der Waals surface area contributed by atoms with Gasteiger partial charge in [-0.2, -0.15) is 0 Å². The summed E-state index contributed by atoms with van der Waals surface area (Å²) in [6.07, 6.45) is 0.580. The summed E-state index contributed by atoms with van der Waals surface area (Å²) in [5.74, 6) is 0.902. The maximum absolute atomic E-state index is 8.95. The predicted octanol–water partition coefficient (Wildman–Crippen LogP) is 2.65. The van der Waals surface area contributed by atoms with Gasteiger partial charge < -0.3 is 9.67 Å². The Morgan fingerprint density at radius 1 is 1.50 bits per heavy atom. The zero-order chi connectivity index (χ0) is 11.7. The van der Waals surface area contributed by atoms with Crippen LogP contribution in [0, 0.1) is 6.92 Å². The van der Waals surface area contributed by atoms with Crippen LogP contribution in [-0.2, 0) is 13.5 Å². The Bertz CT molecular complexity index is 504. The molecule has 0 spiro atoms. The number of imidazole rings is 1. The van der Waals surface area contributed by atoms with Crippen LogP contribution in [0.5, 0.6) is 0 Å². The number of aliphatic hydroxyl groups excluding tert-OH is 1. The van der Waals surface area contributed by atoms with Gasteiger partial charge in [0, 0.05) is 19.2 Å². The van der Waals surface area contributed by atoms with Gasteiger partial charge in [0.2, 0.25) is 0 Å². The van der Waals surface area contributed by atoms with Gasteiger partial charge in [-0.1, -0.05) is 11.6 Å². The Hall–Kier alpha value is -0.840. The average molecular weight is 257 g/mol. The first-order valence-electron chi connectivity index (χ1n) is 5.02. The third-order valence-corrected chi connectivity index (χ3v) is 3.85. The van der Waals surface area contributed by atoms with Crippen molar-refractivity contribution >= 4 is 22.9 Å². The van der Waals surface area contributed by atoms with Gasteiger partial charge in [0.25, 0.3) is 0 Å². The van der Waals surface area contributed by atoms with E-state index in [1.54, 1.807) is 0 Å². The van der Waals surface area contributed by atoms with Crippen LogP contribution in [0.15, 0.2) is 12.1 Å². The number of hydrogen-bond donors (Lipinski definition) is 1. The molecule has 3 nitrogen and oxygen atoms in total. The van der Waals surface area contributed by atoms with Crippen LogP contribution in [0.3, 0.4) is 0 Å². The SMILES string of the molecule is Cc1c(-c2ccc(Cl)s2)nc(CCO)n1C. The third-order valence-electron chi connectivity index (χ3n) is 2.62. The van der Waals surface area contributed by atoms with Crippen molar-refractivity contribution < 1.29 is 5.11 Å². The van der Waals surface area contributed by atoms with Crippen molar-refractivity contribution in [1.82, 2.24) is 9.55 Å². The second-order valence-corrected chi connectivity index (χ2v) is 5.31. The molecule has 2 aromatic rings. The number of nitrogens with zero attached hydrogens (tertiary/aromatic N) is 2. The van der Waals surface area contributed by atoms with E-state index in [1.165, 1.54) is 11.3 Å². The fraction of sp³-hybridized carbons (Fsp3) is 0.364. The fourth-order valence-electron chi connectivity index (χ4n) is 1.64. The van der Waals surface area contributed by atoms with Crippen LogP contribution < -0.4 is 0 Å². The van der Waals surface area contributed by atoms with Crippen LogP contribution in [0.2, 0.25) is 4.34 Å². The highest BCUT2D eigenvalue weighted by Crippen LogP contribution is 2.32. The summed E-state index contributed by atoms with van der Waals surface area (Å²) in [5, 5.41) is 8.95. The molecule has 0 saturated heterocycles. The van der Waals surface area contributed by atoms with Crippen molar-refractivity contribution in [3.05, 3.63) is 28.0 Å². The lowest BCUT2D eigenvalue weighted by Gasteiger charge is -1.99. The van der Waals surface area contributed by atoms with E-state index >= 15 is 0 Å². The zero-order valence-corrected chi connectivity index (χ0v) is 10.8. The Kier molecular flexibility index (Phi) is 3.33. The monoisotopic (exact) mass is 256 g/mol. The van der Waals surface area contributed by atoms with E-state index in [4.69, 9.17) is 16.7 Å². The summed E-state index contributed by atoms with van der Waals surface area (Å²) in [4.78, 5) is 5.61. The van der Waals surface area contributed by atoms with Crippen LogP contribution >= 0.6 is 22.9 Å². The number of halogens is 1. The molecule has 2 rings (SSSR count). The van der Waals surface area contributed by atoms with E-state index in [-0.39, 0.29) is 6.61 Å². The molecule has 16 heavy (non-hydrogen) atoms. The first kappa shape index (κ1) is 11.6. The van der Waals surface area contributed by atoms with Gasteiger partial charge in [0.15, 0.2) is 0 Å². The molecule has 0 saturated carbocycles. The van der Waals surface area contributed by atoms with Crippen LogP contribution in [-0.4, -0.2) is 21.3 Å². The van der Waals surface area contributed by atoms with E-state index in [0.717, 1.165) is 26.4 Å². The van der Waals surface area contributed by atoms with E-state index in [9.17, 15) is 0 Å². The molecule has 0 unspecified atom stereocenters. The molecule has 1 N–H and O–H groups in total. The summed E-state index contributed by atoms with van der Waals surface area (Å²) < 4.78 is 2.78. The lowest BCUT2D eigenvalue weighted by molar-refractivity contribution is 0.295. The van der Waals surface area contributed by atoms with Gasteiger partial charge in [0.05, 0.1) is 15.8 Å². The molecule has 0 atom stereocenters. The van der Waals surface area contributed by atoms with Gasteiger partial charge in [-0.05, 0) is 19.1 Å². The molecule has 86 valence electrons. The normalized spacial score (nSPS) is 11.0. The van der Waals surface area contributed by atoms with E-state index in [2.05, 4.69) is 4.98 Å². The van der Waals surface area contributed by atoms with Gasteiger partial charge in [-0.3, -0.25) is 0 Å². The quantitative estimate of drug-likeness (QED) is 0.917. The van der Waals surface area contributed by atoms with E-state index in [0.29, 0.717) is 6.42 Å². The standard InChI is InChI=1S/C11H13ClN2OS/c1-7-11(8-3-4-9(12)16-8)13-10(5-6-15)14(7)2/h3-4,15H,5-6H2,1-2H3. The molecule has 0 amide bonds. The zero-order valence-electron chi connectivity index (χ0n) is 9.20. The number of rotatable bonds is 3. The summed E-state index contributed by atoms with van der Waals surface area (Å²) in [5.41, 5.74) is 2.06. The molecule has 5 heteroatoms. The largest absolute Gasteiger partial charge is 0.396 e. The van der Waals surface area contributed by atoms with Crippen molar-refractivity contribution in [3.8, 4) is 10.6 Å². The fourth-order valence-corrected chi connectivity index (χ4v) is 2.72. The minimum Gasteiger partial charge on any atom is -0.396 e. The summed E-state index contributed by atoms with van der Waals surface area (Å²) in [6, 6.07) is 3.85. The smallest absolute Gasteiger partial charge is 0.111 e. The summed E-state index contributed by atoms with van der Waals surface area (Å²) in [7, 11) is 1.96. The molecule has 0 aliphatic heterocycles. The maximum Gasteiger partial charge on any atom is 0.111 e. The molecular formula is C11H13ClN2OS. The lowest BCUT2D eigenvalue weighted by atomic mass is 10.3. The minimum atomic E-state index is 0.120. The van der Waals surface area contributed by atoms with Gasteiger partial charge in [-0.25, -0.2) is 4.98 Å². The van der Waals surface area contributed by atoms with Gasteiger partial charge >= 0.3 is 0 Å². The third kappa shape index (κ3) is 2.00. The van der Waals surface area contributed by atoms with Crippen molar-refractivity contribution in [2.75, 3.05) is 6.61 Å². The molecule has 0 aromatic carbocycles. The second kappa shape index (κ2) is 4.57. The van der Waals surface area contributed by atoms with Crippen LogP contribution in [0.4, 0.5) is 0 Å². The first-order valence-corrected chi connectivity index (χ1v) is 6.21. The van der Waals surface area contributed by atoms with Crippen molar-refractivity contribution in [3.63, 3.8) is 0 Å². The summed E-state index contributed by atoms with van der Waals surface area (Å²) in [6.45, 7) is 2.14. The van der Waals surface area contributed by atoms with E-state index < -0.39 is 0 Å². The molecular weight excluding hydrogens is 244 g/mol. The first-order chi connectivity index (χ1) is 7.63. The van der Waals surface area contributed by atoms with Gasteiger partial charge in [-0.15, -0.1) is 11.3 Å². The highest BCUT2D eigenvalue weighted by atomic mass is 35.5. The van der Waals surface area contributed by atoms with Crippen LogP contribution in [0.25, 0.3) is 10.6 Å². The van der Waals surface area contributed by atoms with Crippen LogP contribution in [0.1, 0.15) is 11.5 Å². The Morgan fingerprint density at radius 2 is 2.25 bits per heavy atom.